The average molecular weight is 326 g/mol. The highest BCUT2D eigenvalue weighted by atomic mass is 19.1. The first-order valence-corrected chi connectivity index (χ1v) is 8.43. The van der Waals surface area contributed by atoms with Crippen molar-refractivity contribution in [3.05, 3.63) is 71.5 Å². The van der Waals surface area contributed by atoms with E-state index < -0.39 is 0 Å². The Balaban J connectivity index is 1.80. The fraction of sp³-hybridized carbons (Fsp3) is 0.350. The van der Waals surface area contributed by atoms with Gasteiger partial charge in [-0.15, -0.1) is 0 Å². The number of piperidine rings is 1. The van der Waals surface area contributed by atoms with Gasteiger partial charge in [0.15, 0.2) is 0 Å². The molecule has 126 valence electrons. The second-order valence-corrected chi connectivity index (χ2v) is 6.48. The molecule has 4 heteroatoms. The van der Waals surface area contributed by atoms with Crippen LogP contribution in [-0.4, -0.2) is 30.9 Å². The normalized spacial score (nSPS) is 17.4. The fourth-order valence-corrected chi connectivity index (χ4v) is 3.19. The Morgan fingerprint density at radius 2 is 1.62 bits per heavy atom. The number of hydrogen-bond acceptors (Lipinski definition) is 2. The van der Waals surface area contributed by atoms with E-state index in [4.69, 9.17) is 0 Å². The number of carbonyl (C=O) groups is 1. The number of nitrogens with one attached hydrogen (secondary N) is 1. The number of amides is 1. The maximum absolute atomic E-state index is 13.3. The summed E-state index contributed by atoms with van der Waals surface area (Å²) in [6.07, 6.45) is 1.76. The first-order chi connectivity index (χ1) is 11.6. The van der Waals surface area contributed by atoms with Crippen LogP contribution in [-0.2, 0) is 4.79 Å². The molecule has 0 bridgehead atoms. The van der Waals surface area contributed by atoms with Gasteiger partial charge in [0.25, 0.3) is 0 Å². The predicted molar refractivity (Wildman–Crippen MR) is 93.0 cm³/mol. The molecule has 1 unspecified atom stereocenters. The Kier molecular flexibility index (Phi) is 5.26. The fourth-order valence-electron chi connectivity index (χ4n) is 3.19. The summed E-state index contributed by atoms with van der Waals surface area (Å²) < 4.78 is 13.3. The molecule has 0 saturated carbocycles. The molecule has 0 aliphatic carbocycles. The van der Waals surface area contributed by atoms with E-state index in [9.17, 15) is 9.18 Å². The van der Waals surface area contributed by atoms with Crippen LogP contribution in [0.1, 0.15) is 30.0 Å². The van der Waals surface area contributed by atoms with Crippen LogP contribution < -0.4 is 5.32 Å². The molecule has 1 amide bonds. The van der Waals surface area contributed by atoms with Gasteiger partial charge in [0, 0.05) is 5.92 Å². The van der Waals surface area contributed by atoms with Crippen LogP contribution in [0.5, 0.6) is 0 Å². The van der Waals surface area contributed by atoms with E-state index in [1.807, 2.05) is 30.3 Å². The van der Waals surface area contributed by atoms with Crippen molar-refractivity contribution in [1.29, 1.82) is 0 Å². The van der Waals surface area contributed by atoms with Crippen molar-refractivity contribution in [3.8, 4) is 0 Å². The molecular weight excluding hydrogens is 303 g/mol. The molecule has 1 heterocycles. The summed E-state index contributed by atoms with van der Waals surface area (Å²) in [6, 6.07) is 15.9. The SMILES string of the molecule is CN1CCC(C(=O)NC(c2ccccc2)c2ccc(F)cc2)CC1. The zero-order valence-corrected chi connectivity index (χ0v) is 13.9. The van der Waals surface area contributed by atoms with Gasteiger partial charge in [-0.25, -0.2) is 4.39 Å². The molecule has 3 nitrogen and oxygen atoms in total. The van der Waals surface area contributed by atoms with Crippen molar-refractivity contribution in [3.63, 3.8) is 0 Å². The van der Waals surface area contributed by atoms with Crippen molar-refractivity contribution < 1.29 is 9.18 Å². The molecule has 2 aromatic rings. The van der Waals surface area contributed by atoms with E-state index in [-0.39, 0.29) is 23.7 Å². The summed E-state index contributed by atoms with van der Waals surface area (Å²) in [5.41, 5.74) is 1.90. The summed E-state index contributed by atoms with van der Waals surface area (Å²) in [5.74, 6) is -0.138. The second-order valence-electron chi connectivity index (χ2n) is 6.48. The van der Waals surface area contributed by atoms with Gasteiger partial charge >= 0.3 is 0 Å². The van der Waals surface area contributed by atoms with Crippen LogP contribution in [0.15, 0.2) is 54.6 Å². The average Bonchev–Trinajstić information content (AvgIpc) is 2.62. The Bertz CT molecular complexity index is 664. The minimum absolute atomic E-state index is 0.0489. The Morgan fingerprint density at radius 1 is 1.04 bits per heavy atom. The van der Waals surface area contributed by atoms with Gasteiger partial charge in [-0.2, -0.15) is 0 Å². The van der Waals surface area contributed by atoms with Crippen LogP contribution in [0, 0.1) is 11.7 Å². The van der Waals surface area contributed by atoms with Crippen LogP contribution in [0.25, 0.3) is 0 Å². The molecule has 1 saturated heterocycles. The Labute approximate surface area is 142 Å². The summed E-state index contributed by atoms with van der Waals surface area (Å²) >= 11 is 0. The van der Waals surface area contributed by atoms with Gasteiger partial charge in [-0.3, -0.25) is 4.79 Å². The van der Waals surface area contributed by atoms with Gasteiger partial charge in [-0.1, -0.05) is 42.5 Å². The molecule has 1 aliphatic heterocycles. The van der Waals surface area contributed by atoms with E-state index in [1.165, 1.54) is 12.1 Å². The molecule has 1 aliphatic rings. The molecule has 0 radical (unpaired) electrons. The van der Waals surface area contributed by atoms with Gasteiger partial charge in [0.05, 0.1) is 6.04 Å². The molecule has 0 aromatic heterocycles. The lowest BCUT2D eigenvalue weighted by Gasteiger charge is -2.30. The van der Waals surface area contributed by atoms with Gasteiger partial charge in [0.1, 0.15) is 5.82 Å². The third-order valence-electron chi connectivity index (χ3n) is 4.71. The zero-order valence-electron chi connectivity index (χ0n) is 13.9. The van der Waals surface area contributed by atoms with Gasteiger partial charge < -0.3 is 10.2 Å². The molecule has 1 fully saturated rings. The van der Waals surface area contributed by atoms with Crippen LogP contribution in [0.4, 0.5) is 4.39 Å². The first kappa shape index (κ1) is 16.7. The predicted octanol–water partition coefficient (Wildman–Crippen LogP) is 3.37. The van der Waals surface area contributed by atoms with Crippen molar-refractivity contribution in [2.45, 2.75) is 18.9 Å². The summed E-state index contributed by atoms with van der Waals surface area (Å²) in [7, 11) is 2.08. The number of likely N-dealkylation sites (tertiary alicyclic amines) is 1. The molecule has 1 atom stereocenters. The van der Waals surface area contributed by atoms with E-state index in [2.05, 4.69) is 17.3 Å². The maximum Gasteiger partial charge on any atom is 0.223 e. The highest BCUT2D eigenvalue weighted by Gasteiger charge is 2.26. The monoisotopic (exact) mass is 326 g/mol. The number of hydrogen-bond donors (Lipinski definition) is 1. The van der Waals surface area contributed by atoms with E-state index >= 15 is 0 Å². The van der Waals surface area contributed by atoms with Crippen LogP contribution >= 0.6 is 0 Å². The lowest BCUT2D eigenvalue weighted by Crippen LogP contribution is -2.40. The summed E-state index contributed by atoms with van der Waals surface area (Å²) in [5, 5.41) is 3.17. The van der Waals surface area contributed by atoms with Gasteiger partial charge in [-0.05, 0) is 56.2 Å². The first-order valence-electron chi connectivity index (χ1n) is 8.43. The Morgan fingerprint density at radius 3 is 2.25 bits per heavy atom. The third-order valence-corrected chi connectivity index (χ3v) is 4.71. The van der Waals surface area contributed by atoms with E-state index in [1.54, 1.807) is 12.1 Å². The number of rotatable bonds is 4. The van der Waals surface area contributed by atoms with Gasteiger partial charge in [0.2, 0.25) is 5.91 Å². The molecular formula is C20H23FN2O. The quantitative estimate of drug-likeness (QED) is 0.934. The number of benzene rings is 2. The van der Waals surface area contributed by atoms with Crippen molar-refractivity contribution in [2.24, 2.45) is 5.92 Å². The van der Waals surface area contributed by atoms with Crippen LogP contribution in [0.2, 0.25) is 0 Å². The number of carbonyl (C=O) groups excluding carboxylic acids is 1. The molecule has 1 N–H and O–H groups in total. The molecule has 0 spiro atoms. The minimum atomic E-state index is -0.271. The summed E-state index contributed by atoms with van der Waals surface area (Å²) in [4.78, 5) is 15.0. The van der Waals surface area contributed by atoms with E-state index in [0.29, 0.717) is 0 Å². The topological polar surface area (TPSA) is 32.3 Å². The zero-order chi connectivity index (χ0) is 16.9. The molecule has 24 heavy (non-hydrogen) atoms. The number of halogens is 1. The van der Waals surface area contributed by atoms with Crippen molar-refractivity contribution in [2.75, 3.05) is 20.1 Å². The minimum Gasteiger partial charge on any atom is -0.345 e. The lowest BCUT2D eigenvalue weighted by molar-refractivity contribution is -0.126. The largest absolute Gasteiger partial charge is 0.345 e. The highest BCUT2D eigenvalue weighted by Crippen LogP contribution is 2.24. The third kappa shape index (κ3) is 4.01. The van der Waals surface area contributed by atoms with E-state index in [0.717, 1.165) is 37.1 Å². The summed E-state index contributed by atoms with van der Waals surface area (Å²) in [6.45, 7) is 1.90. The molecule has 3 rings (SSSR count). The number of nitrogens with zero attached hydrogens (tertiary/aromatic N) is 1. The van der Waals surface area contributed by atoms with Crippen LogP contribution in [0.3, 0.4) is 0 Å². The molecule has 2 aromatic carbocycles. The van der Waals surface area contributed by atoms with Crippen molar-refractivity contribution in [1.82, 2.24) is 10.2 Å². The smallest absolute Gasteiger partial charge is 0.223 e. The maximum atomic E-state index is 13.3. The van der Waals surface area contributed by atoms with Crippen molar-refractivity contribution >= 4 is 5.91 Å². The highest BCUT2D eigenvalue weighted by molar-refractivity contribution is 5.79. The Hall–Kier alpha value is -2.20. The lowest BCUT2D eigenvalue weighted by atomic mass is 9.93. The second kappa shape index (κ2) is 7.58. The standard InChI is InChI=1S/C20H23FN2O/c1-23-13-11-17(12-14-23)20(24)22-19(15-5-3-2-4-6-15)16-7-9-18(21)10-8-16/h2-10,17,19H,11-14H2,1H3,(H,22,24).